The average molecular weight is 421 g/mol. The zero-order valence-electron chi connectivity index (χ0n) is 21.1. The van der Waals surface area contributed by atoms with Crippen molar-refractivity contribution in [1.82, 2.24) is 0 Å². The Morgan fingerprint density at radius 3 is 1.45 bits per heavy atom. The van der Waals surface area contributed by atoms with Gasteiger partial charge in [0.05, 0.1) is 0 Å². The van der Waals surface area contributed by atoms with Gasteiger partial charge >= 0.3 is 0 Å². The van der Waals surface area contributed by atoms with Crippen molar-refractivity contribution in [2.24, 2.45) is 5.92 Å². The minimum Gasteiger partial charge on any atom is -0.106 e. The molecule has 0 unspecified atom stereocenters. The summed E-state index contributed by atoms with van der Waals surface area (Å²) in [5.41, 5.74) is 5.41. The Hall–Kier alpha value is -2.34. The van der Waals surface area contributed by atoms with Crippen LogP contribution in [0.4, 0.5) is 0 Å². The maximum atomic E-state index is 3.66. The van der Waals surface area contributed by atoms with E-state index >= 15 is 0 Å². The van der Waals surface area contributed by atoms with Gasteiger partial charge in [0.1, 0.15) is 0 Å². The second-order valence-electron chi connectivity index (χ2n) is 7.86. The van der Waals surface area contributed by atoms with Crippen LogP contribution in [0.25, 0.3) is 6.08 Å². The molecular formula is C31H48. The molecule has 0 aliphatic heterocycles. The van der Waals surface area contributed by atoms with Gasteiger partial charge in [-0.25, -0.2) is 0 Å². The lowest BCUT2D eigenvalue weighted by molar-refractivity contribution is 0.319. The van der Waals surface area contributed by atoms with Crippen LogP contribution < -0.4 is 0 Å². The number of hydrogen-bond acceptors (Lipinski definition) is 0. The zero-order chi connectivity index (χ0) is 24.1. The first-order chi connectivity index (χ1) is 15.0. The molecule has 31 heavy (non-hydrogen) atoms. The maximum absolute atomic E-state index is 3.66. The third-order valence-electron chi connectivity index (χ3n) is 5.29. The van der Waals surface area contributed by atoms with Gasteiger partial charge in [0.25, 0.3) is 0 Å². The number of rotatable bonds is 3. The highest BCUT2D eigenvalue weighted by molar-refractivity contribution is 5.46. The van der Waals surface area contributed by atoms with Gasteiger partial charge in [-0.3, -0.25) is 0 Å². The molecular weight excluding hydrogens is 372 g/mol. The van der Waals surface area contributed by atoms with Crippen LogP contribution in [0.5, 0.6) is 0 Å². The standard InChI is InChI=1S/C15H22.C9H10.C3H8.2C2H4/c1-3-13-6-10-15(11-7-13)14-8-4-12(2)5-9-14;1-3-9-6-4-8(2)5-7-9;1-3-2;2*1-2/h4-5,8-9,13,15H,3,6-7,10-11H2,1-2H3;3-7H,1H2,2H3;3H2,1-2H3;2*1-2H2. The van der Waals surface area contributed by atoms with Crippen LogP contribution in [0, 0.1) is 19.8 Å². The Morgan fingerprint density at radius 1 is 0.710 bits per heavy atom. The predicted molar refractivity (Wildman–Crippen MR) is 146 cm³/mol. The lowest BCUT2D eigenvalue weighted by atomic mass is 9.78. The molecule has 0 bridgehead atoms. The molecule has 0 N–H and O–H groups in total. The van der Waals surface area contributed by atoms with Crippen LogP contribution in [0.15, 0.2) is 81.4 Å². The minimum atomic E-state index is 0.841. The Labute approximate surface area is 194 Å². The van der Waals surface area contributed by atoms with Gasteiger partial charge in [-0.05, 0) is 62.5 Å². The summed E-state index contributed by atoms with van der Waals surface area (Å²) in [5.74, 6) is 1.85. The van der Waals surface area contributed by atoms with Gasteiger partial charge in [-0.15, -0.1) is 26.3 Å². The maximum Gasteiger partial charge on any atom is -0.0162 e. The van der Waals surface area contributed by atoms with Crippen molar-refractivity contribution in [3.8, 4) is 0 Å². The molecule has 0 amide bonds. The van der Waals surface area contributed by atoms with Gasteiger partial charge in [-0.2, -0.15) is 0 Å². The van der Waals surface area contributed by atoms with Crippen molar-refractivity contribution in [3.05, 3.63) is 104 Å². The molecule has 0 radical (unpaired) electrons. The van der Waals surface area contributed by atoms with Crippen molar-refractivity contribution in [1.29, 1.82) is 0 Å². The second-order valence-corrected chi connectivity index (χ2v) is 7.86. The van der Waals surface area contributed by atoms with Gasteiger partial charge in [0.15, 0.2) is 0 Å². The molecule has 3 rings (SSSR count). The largest absolute Gasteiger partial charge is 0.106 e. The van der Waals surface area contributed by atoms with Gasteiger partial charge < -0.3 is 0 Å². The van der Waals surface area contributed by atoms with Crippen LogP contribution >= 0.6 is 0 Å². The lowest BCUT2D eigenvalue weighted by Gasteiger charge is -2.28. The monoisotopic (exact) mass is 420 g/mol. The molecule has 2 aromatic carbocycles. The number of hydrogen-bond donors (Lipinski definition) is 0. The van der Waals surface area contributed by atoms with E-state index in [-0.39, 0.29) is 0 Å². The molecule has 172 valence electrons. The molecule has 1 aliphatic carbocycles. The van der Waals surface area contributed by atoms with E-state index in [9.17, 15) is 0 Å². The van der Waals surface area contributed by atoms with Crippen molar-refractivity contribution < 1.29 is 0 Å². The smallest absolute Gasteiger partial charge is 0.0162 e. The fourth-order valence-corrected chi connectivity index (χ4v) is 3.45. The molecule has 2 aromatic rings. The third-order valence-corrected chi connectivity index (χ3v) is 5.29. The molecule has 0 saturated heterocycles. The highest BCUT2D eigenvalue weighted by atomic mass is 14.3. The number of benzene rings is 2. The third kappa shape index (κ3) is 14.3. The summed E-state index contributed by atoms with van der Waals surface area (Å²) in [6.45, 7) is 26.5. The Kier molecular flexibility index (Phi) is 20.8. The second kappa shape index (κ2) is 20.9. The summed E-state index contributed by atoms with van der Waals surface area (Å²) in [6.07, 6.45) is 10.2. The predicted octanol–water partition coefficient (Wildman–Crippen LogP) is 10.3. The first-order valence-electron chi connectivity index (χ1n) is 11.8. The molecule has 0 nitrogen and oxygen atoms in total. The zero-order valence-corrected chi connectivity index (χ0v) is 21.1. The topological polar surface area (TPSA) is 0 Å². The van der Waals surface area contributed by atoms with Crippen molar-refractivity contribution in [2.45, 2.75) is 79.1 Å². The Morgan fingerprint density at radius 2 is 1.10 bits per heavy atom. The van der Waals surface area contributed by atoms with E-state index in [1.54, 1.807) is 5.56 Å². The fraction of sp³-hybridized carbons (Fsp3) is 0.419. The lowest BCUT2D eigenvalue weighted by Crippen LogP contribution is -2.12. The van der Waals surface area contributed by atoms with E-state index in [0.29, 0.717) is 0 Å². The quantitative estimate of drug-likeness (QED) is 0.433. The normalized spacial score (nSPS) is 16.3. The fourth-order valence-electron chi connectivity index (χ4n) is 3.45. The van der Waals surface area contributed by atoms with E-state index in [1.807, 2.05) is 6.08 Å². The SMILES string of the molecule is C=C.C=C.C=Cc1ccc(C)cc1.CCC.CCC1CCC(c2ccc(C)cc2)CC1. The molecule has 1 fully saturated rings. The van der Waals surface area contributed by atoms with Crippen LogP contribution in [-0.2, 0) is 0 Å². The summed E-state index contributed by atoms with van der Waals surface area (Å²) < 4.78 is 0. The molecule has 0 aromatic heterocycles. The molecule has 1 aliphatic rings. The highest BCUT2D eigenvalue weighted by Gasteiger charge is 2.20. The van der Waals surface area contributed by atoms with Crippen molar-refractivity contribution in [2.75, 3.05) is 0 Å². The first kappa shape index (κ1) is 30.9. The summed E-state index contributed by atoms with van der Waals surface area (Å²) in [6, 6.07) is 17.4. The van der Waals surface area contributed by atoms with E-state index in [4.69, 9.17) is 0 Å². The molecule has 1 saturated carbocycles. The summed E-state index contributed by atoms with van der Waals surface area (Å²) in [5, 5.41) is 0. The summed E-state index contributed by atoms with van der Waals surface area (Å²) >= 11 is 0. The molecule has 0 heterocycles. The van der Waals surface area contributed by atoms with Crippen molar-refractivity contribution in [3.63, 3.8) is 0 Å². The van der Waals surface area contributed by atoms with E-state index in [2.05, 4.69) is 116 Å². The summed E-state index contributed by atoms with van der Waals surface area (Å²) in [4.78, 5) is 0. The van der Waals surface area contributed by atoms with Crippen molar-refractivity contribution >= 4 is 6.08 Å². The van der Waals surface area contributed by atoms with E-state index < -0.39 is 0 Å². The van der Waals surface area contributed by atoms with Crippen LogP contribution in [0.3, 0.4) is 0 Å². The Balaban J connectivity index is 0. The van der Waals surface area contributed by atoms with Crippen LogP contribution in [-0.4, -0.2) is 0 Å². The highest BCUT2D eigenvalue weighted by Crippen LogP contribution is 2.36. The van der Waals surface area contributed by atoms with E-state index in [1.165, 1.54) is 55.2 Å². The van der Waals surface area contributed by atoms with Gasteiger partial charge in [0, 0.05) is 0 Å². The van der Waals surface area contributed by atoms with Gasteiger partial charge in [-0.1, -0.05) is 106 Å². The van der Waals surface area contributed by atoms with E-state index in [0.717, 1.165) is 11.8 Å². The molecule has 0 heteroatoms. The molecule has 0 spiro atoms. The number of aryl methyl sites for hydroxylation is 2. The van der Waals surface area contributed by atoms with Crippen LogP contribution in [0.2, 0.25) is 0 Å². The average Bonchev–Trinajstić information content (AvgIpc) is 2.84. The Bertz CT molecular complexity index is 637. The minimum absolute atomic E-state index is 0.841. The van der Waals surface area contributed by atoms with Gasteiger partial charge in [0.2, 0.25) is 0 Å². The first-order valence-corrected chi connectivity index (χ1v) is 11.8. The molecule has 0 atom stereocenters. The summed E-state index contributed by atoms with van der Waals surface area (Å²) in [7, 11) is 0. The van der Waals surface area contributed by atoms with Crippen LogP contribution in [0.1, 0.15) is 87.5 Å².